The van der Waals surface area contributed by atoms with Gasteiger partial charge in [-0.3, -0.25) is 4.68 Å². The molecule has 1 fully saturated rings. The van der Waals surface area contributed by atoms with Crippen LogP contribution >= 0.6 is 23.2 Å². The molecular weight excluding hydrogens is 281 g/mol. The van der Waals surface area contributed by atoms with Crippen molar-refractivity contribution in [3.05, 3.63) is 16.4 Å². The number of hydrogen-bond acceptors (Lipinski definition) is 2. The van der Waals surface area contributed by atoms with Gasteiger partial charge in [-0.1, -0.05) is 18.5 Å². The van der Waals surface area contributed by atoms with Crippen molar-refractivity contribution in [3.8, 4) is 0 Å². The zero-order chi connectivity index (χ0) is 14.0. The highest BCUT2D eigenvalue weighted by atomic mass is 35.5. The summed E-state index contributed by atoms with van der Waals surface area (Å²) in [4.78, 5) is 2.34. The highest BCUT2D eigenvalue weighted by Crippen LogP contribution is 2.32. The molecule has 1 aliphatic carbocycles. The van der Waals surface area contributed by atoms with E-state index in [1.807, 2.05) is 4.68 Å². The number of nitrogens with zero attached hydrogens (tertiary/aromatic N) is 3. The third-order valence-corrected chi connectivity index (χ3v) is 4.65. The summed E-state index contributed by atoms with van der Waals surface area (Å²) in [6.07, 6.45) is 3.18. The molecule has 0 spiro atoms. The van der Waals surface area contributed by atoms with Crippen LogP contribution in [0, 0.1) is 5.92 Å². The van der Waals surface area contributed by atoms with Gasteiger partial charge in [-0.15, -0.1) is 11.6 Å². The van der Waals surface area contributed by atoms with Crippen molar-refractivity contribution < 1.29 is 0 Å². The molecule has 2 rings (SSSR count). The maximum absolute atomic E-state index is 6.43. The van der Waals surface area contributed by atoms with Crippen molar-refractivity contribution in [2.24, 2.45) is 5.92 Å². The largest absolute Gasteiger partial charge is 0.300 e. The molecule has 108 valence electrons. The Hall–Kier alpha value is -0.250. The Morgan fingerprint density at radius 1 is 1.37 bits per heavy atom. The summed E-state index contributed by atoms with van der Waals surface area (Å²) in [5.41, 5.74) is 2.15. The molecule has 0 aromatic carbocycles. The molecule has 19 heavy (non-hydrogen) atoms. The molecule has 5 heteroatoms. The number of halogens is 2. The fourth-order valence-electron chi connectivity index (χ4n) is 2.73. The van der Waals surface area contributed by atoms with Crippen LogP contribution in [-0.2, 0) is 19.5 Å². The van der Waals surface area contributed by atoms with Gasteiger partial charge in [0.2, 0.25) is 0 Å². The van der Waals surface area contributed by atoms with Gasteiger partial charge in [-0.25, -0.2) is 0 Å². The van der Waals surface area contributed by atoms with Gasteiger partial charge in [0.1, 0.15) is 0 Å². The van der Waals surface area contributed by atoms with Crippen LogP contribution in [0.3, 0.4) is 0 Å². The van der Waals surface area contributed by atoms with E-state index < -0.39 is 0 Å². The van der Waals surface area contributed by atoms with E-state index in [0.717, 1.165) is 61.2 Å². The minimum atomic E-state index is 0.398. The fourth-order valence-corrected chi connectivity index (χ4v) is 3.57. The summed E-state index contributed by atoms with van der Waals surface area (Å²) < 4.78 is 2.03. The van der Waals surface area contributed by atoms with Crippen LogP contribution in [0.2, 0.25) is 5.02 Å². The van der Waals surface area contributed by atoms with E-state index in [2.05, 4.69) is 30.9 Å². The van der Waals surface area contributed by atoms with Crippen LogP contribution in [0.5, 0.6) is 0 Å². The zero-order valence-corrected chi connectivity index (χ0v) is 13.5. The number of hydrogen-bond donors (Lipinski definition) is 0. The molecule has 0 atom stereocenters. The van der Waals surface area contributed by atoms with Crippen molar-refractivity contribution >= 4 is 23.2 Å². The molecule has 3 nitrogen and oxygen atoms in total. The summed E-state index contributed by atoms with van der Waals surface area (Å²) in [6, 6.07) is 0. The predicted molar refractivity (Wildman–Crippen MR) is 81.0 cm³/mol. The maximum atomic E-state index is 6.43. The number of aryl methyl sites for hydroxylation is 2. The van der Waals surface area contributed by atoms with Crippen molar-refractivity contribution in [1.29, 1.82) is 0 Å². The first-order valence-corrected chi connectivity index (χ1v) is 7.93. The molecule has 0 N–H and O–H groups in total. The Kier molecular flexibility index (Phi) is 5.15. The van der Waals surface area contributed by atoms with Gasteiger partial charge in [0.15, 0.2) is 0 Å². The topological polar surface area (TPSA) is 21.1 Å². The lowest BCUT2D eigenvalue weighted by molar-refractivity contribution is 0.200. The Labute approximate surface area is 125 Å². The number of rotatable bonds is 6. The van der Waals surface area contributed by atoms with Crippen LogP contribution in [0.25, 0.3) is 0 Å². The molecular formula is C14H23Cl2N3. The van der Waals surface area contributed by atoms with Crippen molar-refractivity contribution in [2.75, 3.05) is 13.6 Å². The van der Waals surface area contributed by atoms with Gasteiger partial charge >= 0.3 is 0 Å². The third-order valence-electron chi connectivity index (χ3n) is 3.86. The molecule has 0 amide bonds. The van der Waals surface area contributed by atoms with Gasteiger partial charge in [0, 0.05) is 25.0 Å². The van der Waals surface area contributed by atoms with Gasteiger partial charge in [0.25, 0.3) is 0 Å². The molecule has 0 unspecified atom stereocenters. The smallest absolute Gasteiger partial charge is 0.0863 e. The van der Waals surface area contributed by atoms with Crippen LogP contribution < -0.4 is 0 Å². The monoisotopic (exact) mass is 303 g/mol. The first kappa shape index (κ1) is 15.1. The van der Waals surface area contributed by atoms with Gasteiger partial charge in [-0.05, 0) is 39.2 Å². The molecule has 1 saturated carbocycles. The van der Waals surface area contributed by atoms with Crippen molar-refractivity contribution in [1.82, 2.24) is 14.7 Å². The molecule has 0 saturated heterocycles. The Bertz CT molecular complexity index is 425. The SMILES string of the molecule is CCc1nn(CC)c(CN(C)CC2CC(Cl)C2)c1Cl. The summed E-state index contributed by atoms with van der Waals surface area (Å²) in [5.74, 6) is 0.745. The first-order valence-electron chi connectivity index (χ1n) is 7.11. The van der Waals surface area contributed by atoms with Crippen LogP contribution in [0.4, 0.5) is 0 Å². The minimum absolute atomic E-state index is 0.398. The average Bonchev–Trinajstić information content (AvgIpc) is 2.64. The summed E-state index contributed by atoms with van der Waals surface area (Å²) in [5, 5.41) is 5.81. The summed E-state index contributed by atoms with van der Waals surface area (Å²) in [7, 11) is 2.15. The average molecular weight is 304 g/mol. The van der Waals surface area contributed by atoms with Gasteiger partial charge < -0.3 is 4.90 Å². The van der Waals surface area contributed by atoms with E-state index in [4.69, 9.17) is 23.2 Å². The summed E-state index contributed by atoms with van der Waals surface area (Å²) >= 11 is 12.5. The lowest BCUT2D eigenvalue weighted by Gasteiger charge is -2.34. The highest BCUT2D eigenvalue weighted by molar-refractivity contribution is 6.31. The van der Waals surface area contributed by atoms with Gasteiger partial charge in [0.05, 0.1) is 16.4 Å². The molecule has 0 aliphatic heterocycles. The second kappa shape index (κ2) is 6.47. The van der Waals surface area contributed by atoms with E-state index in [-0.39, 0.29) is 0 Å². The number of aromatic nitrogens is 2. The third kappa shape index (κ3) is 3.45. The minimum Gasteiger partial charge on any atom is -0.300 e. The van der Waals surface area contributed by atoms with Crippen molar-refractivity contribution in [2.45, 2.75) is 51.6 Å². The second-order valence-corrected chi connectivity index (χ2v) is 6.50. The van der Waals surface area contributed by atoms with Gasteiger partial charge in [-0.2, -0.15) is 5.10 Å². The predicted octanol–water partition coefficient (Wildman–Crippen LogP) is 3.57. The number of alkyl halides is 1. The second-order valence-electron chi connectivity index (χ2n) is 5.51. The zero-order valence-electron chi connectivity index (χ0n) is 12.0. The standard InChI is InChI=1S/C14H23Cl2N3/c1-4-12-14(16)13(19(5-2)17-12)9-18(3)8-10-6-11(15)7-10/h10-11H,4-9H2,1-3H3. The summed E-state index contributed by atoms with van der Waals surface area (Å²) in [6.45, 7) is 7.03. The van der Waals surface area contributed by atoms with Crippen molar-refractivity contribution in [3.63, 3.8) is 0 Å². The lowest BCUT2D eigenvalue weighted by atomic mass is 9.84. The molecule has 1 aromatic heterocycles. The van der Waals surface area contributed by atoms with E-state index in [1.54, 1.807) is 0 Å². The van der Waals surface area contributed by atoms with E-state index in [1.165, 1.54) is 0 Å². The molecule has 1 aliphatic rings. The molecule has 0 bridgehead atoms. The maximum Gasteiger partial charge on any atom is 0.0863 e. The fraction of sp³-hybridized carbons (Fsp3) is 0.786. The Morgan fingerprint density at radius 2 is 2.05 bits per heavy atom. The van der Waals surface area contributed by atoms with Crippen LogP contribution in [0.1, 0.15) is 38.1 Å². The Balaban J connectivity index is 1.99. The lowest BCUT2D eigenvalue weighted by Crippen LogP contribution is -2.35. The normalized spacial score (nSPS) is 22.8. The Morgan fingerprint density at radius 3 is 2.58 bits per heavy atom. The quantitative estimate of drug-likeness (QED) is 0.749. The van der Waals surface area contributed by atoms with Crippen LogP contribution in [0.15, 0.2) is 0 Å². The van der Waals surface area contributed by atoms with E-state index in [0.29, 0.717) is 5.38 Å². The highest BCUT2D eigenvalue weighted by Gasteiger charge is 2.28. The van der Waals surface area contributed by atoms with E-state index in [9.17, 15) is 0 Å². The molecule has 0 radical (unpaired) electrons. The van der Waals surface area contributed by atoms with E-state index >= 15 is 0 Å². The molecule has 1 aromatic rings. The van der Waals surface area contributed by atoms with Crippen LogP contribution in [-0.4, -0.2) is 33.6 Å². The molecule has 1 heterocycles. The first-order chi connectivity index (χ1) is 9.05.